The van der Waals surface area contributed by atoms with Gasteiger partial charge in [-0.05, 0) is 112 Å². The summed E-state index contributed by atoms with van der Waals surface area (Å²) in [6.45, 7) is 5.50. The Kier molecular flexibility index (Phi) is 20.5. The van der Waals surface area contributed by atoms with Gasteiger partial charge in [-0.15, -0.1) is 0 Å². The lowest BCUT2D eigenvalue weighted by molar-refractivity contribution is -0.143. The van der Waals surface area contributed by atoms with Gasteiger partial charge in [-0.2, -0.15) is 10.2 Å². The van der Waals surface area contributed by atoms with Crippen molar-refractivity contribution < 1.29 is 42.7 Å². The number of unbranched alkanes of at least 4 members (excludes halogenated alkanes) is 4. The lowest BCUT2D eigenvalue weighted by Gasteiger charge is -2.32. The van der Waals surface area contributed by atoms with E-state index in [0.29, 0.717) is 83.7 Å². The van der Waals surface area contributed by atoms with E-state index in [-0.39, 0.29) is 68.4 Å². The summed E-state index contributed by atoms with van der Waals surface area (Å²) in [5, 5.41) is 21.8. The van der Waals surface area contributed by atoms with Crippen molar-refractivity contribution in [2.45, 2.75) is 122 Å². The highest BCUT2D eigenvalue weighted by Gasteiger charge is 2.31. The molecule has 0 atom stereocenters. The quantitative estimate of drug-likeness (QED) is 0.0303. The summed E-state index contributed by atoms with van der Waals surface area (Å²) in [6, 6.07) is 16.8. The van der Waals surface area contributed by atoms with Crippen molar-refractivity contribution in [2.75, 3.05) is 75.7 Å². The number of benzene rings is 3. The number of rotatable bonds is 25. The number of esters is 1. The molecule has 0 aliphatic carbocycles. The maximum atomic E-state index is 16.0. The molecule has 3 aromatic carbocycles. The topological polar surface area (TPSA) is 274 Å². The summed E-state index contributed by atoms with van der Waals surface area (Å²) in [6.07, 6.45) is 14.6. The Morgan fingerprint density at radius 3 is 2.12 bits per heavy atom. The number of primary amides is 1. The van der Waals surface area contributed by atoms with E-state index in [0.717, 1.165) is 101 Å². The summed E-state index contributed by atoms with van der Waals surface area (Å²) in [5.41, 5.74) is 10.7. The molecule has 6 amide bonds. The van der Waals surface area contributed by atoms with Crippen LogP contribution in [0.1, 0.15) is 137 Å². The highest BCUT2D eigenvalue weighted by molar-refractivity contribution is 6.00. The predicted molar refractivity (Wildman–Crippen MR) is 315 cm³/mol. The van der Waals surface area contributed by atoms with E-state index in [2.05, 4.69) is 48.4 Å². The van der Waals surface area contributed by atoms with Gasteiger partial charge in [0, 0.05) is 100 Å². The molecule has 3 fully saturated rings. The third kappa shape index (κ3) is 15.4. The molecule has 84 heavy (non-hydrogen) atoms. The average Bonchev–Trinajstić information content (AvgIpc) is 3.94. The van der Waals surface area contributed by atoms with Crippen molar-refractivity contribution in [1.29, 1.82) is 0 Å². The summed E-state index contributed by atoms with van der Waals surface area (Å²) in [4.78, 5) is 104. The molecule has 3 aliphatic heterocycles. The molecule has 3 aromatic heterocycles. The third-order valence-electron chi connectivity index (χ3n) is 16.3. The van der Waals surface area contributed by atoms with Gasteiger partial charge < -0.3 is 46.4 Å². The van der Waals surface area contributed by atoms with Gasteiger partial charge in [0.15, 0.2) is 11.5 Å². The molecule has 446 valence electrons. The number of hydrogen-bond donors (Lipinski definition) is 5. The minimum atomic E-state index is -0.639. The Hall–Kier alpha value is -8.50. The number of nitrogens with zero attached hydrogens (tertiary/aromatic N) is 9. The summed E-state index contributed by atoms with van der Waals surface area (Å²) in [7, 11) is 1.79. The number of amides is 6. The number of carbonyl (C=O) groups excluding carboxylic acids is 7. The number of nitrogens with one attached hydrogen (secondary N) is 4. The van der Waals surface area contributed by atoms with Crippen LogP contribution in [-0.2, 0) is 47.1 Å². The molecule has 0 radical (unpaired) electrons. The third-order valence-corrected chi connectivity index (χ3v) is 16.3. The van der Waals surface area contributed by atoms with Crippen LogP contribution in [0.15, 0.2) is 67.0 Å². The molecule has 3 saturated heterocycles. The number of anilines is 3. The molecule has 6 heterocycles. The largest absolute Gasteiger partial charge is 0.465 e. The number of likely N-dealkylation sites (tertiary alicyclic amines) is 2. The Balaban J connectivity index is 0.671. The van der Waals surface area contributed by atoms with E-state index in [1.807, 2.05) is 29.2 Å². The van der Waals surface area contributed by atoms with E-state index >= 15 is 4.39 Å². The lowest BCUT2D eigenvalue weighted by Crippen LogP contribution is -2.40. The standard InChI is InChI=1S/C61H77FN14O8/c1-3-84-56(82)38-66-52(78)37-65-53(79)39-76-48-14-12-13-45(46-34-49-43(33-47(46)62)35-68-72(49)2)57(48)58(71-76)42-24-31-75(32-25-42)55(81)21-20-51(77)64-26-9-6-4-5-8-15-54(80)74-29-22-41(23-30-74)40-16-18-44(19-17-40)69-61-59(60(63)83)67-36-50(70-61)73-27-10-7-11-28-73/h12-14,16-19,33-36,41-42H,3-11,15,20-32,37-39H2,1-2H3,(H2,63,83)(H,64,77)(H,65,79)(H,66,78)(H,69,70). The van der Waals surface area contributed by atoms with Gasteiger partial charge in [0.25, 0.3) is 5.91 Å². The Bertz CT molecular complexity index is 3320. The molecule has 22 nitrogen and oxygen atoms in total. The van der Waals surface area contributed by atoms with Crippen molar-refractivity contribution in [3.05, 3.63) is 89.8 Å². The van der Waals surface area contributed by atoms with Crippen molar-refractivity contribution in [2.24, 2.45) is 12.8 Å². The molecule has 0 spiro atoms. The van der Waals surface area contributed by atoms with Crippen LogP contribution in [0.2, 0.25) is 0 Å². The van der Waals surface area contributed by atoms with Crippen LogP contribution in [-0.4, -0.2) is 146 Å². The lowest BCUT2D eigenvalue weighted by atomic mass is 9.88. The zero-order valence-electron chi connectivity index (χ0n) is 48.1. The van der Waals surface area contributed by atoms with E-state index < -0.39 is 29.5 Å². The second kappa shape index (κ2) is 28.7. The Morgan fingerprint density at radius 2 is 1.39 bits per heavy atom. The van der Waals surface area contributed by atoms with Crippen molar-refractivity contribution in [3.8, 4) is 11.1 Å². The monoisotopic (exact) mass is 1150 g/mol. The molecule has 6 N–H and O–H groups in total. The fourth-order valence-electron chi connectivity index (χ4n) is 11.6. The van der Waals surface area contributed by atoms with Gasteiger partial charge in [-0.3, -0.25) is 42.9 Å². The van der Waals surface area contributed by atoms with Crippen molar-refractivity contribution in [1.82, 2.24) is 55.3 Å². The first-order chi connectivity index (χ1) is 40.7. The number of fused-ring (bicyclic) bond motifs is 2. The molecular formula is C61H77FN14O8. The van der Waals surface area contributed by atoms with E-state index in [1.54, 1.807) is 52.8 Å². The molecule has 6 aromatic rings. The number of carbonyl (C=O) groups is 7. The second-order valence-corrected chi connectivity index (χ2v) is 22.0. The highest BCUT2D eigenvalue weighted by atomic mass is 19.1. The maximum absolute atomic E-state index is 16.0. The Morgan fingerprint density at radius 1 is 0.702 bits per heavy atom. The van der Waals surface area contributed by atoms with E-state index in [9.17, 15) is 33.6 Å². The van der Waals surface area contributed by atoms with E-state index in [4.69, 9.17) is 20.6 Å². The summed E-state index contributed by atoms with van der Waals surface area (Å²) >= 11 is 0. The number of halogens is 1. The number of piperidine rings is 3. The van der Waals surface area contributed by atoms with E-state index in [1.165, 1.54) is 18.1 Å². The Labute approximate surface area is 487 Å². The van der Waals surface area contributed by atoms with Crippen molar-refractivity contribution in [3.63, 3.8) is 0 Å². The molecule has 9 rings (SSSR count). The van der Waals surface area contributed by atoms with Crippen LogP contribution in [0, 0.1) is 5.82 Å². The number of nitrogens with two attached hydrogens (primary N) is 1. The smallest absolute Gasteiger partial charge is 0.325 e. The van der Waals surface area contributed by atoms with Crippen LogP contribution in [0.5, 0.6) is 0 Å². The first-order valence-corrected chi connectivity index (χ1v) is 29.6. The first kappa shape index (κ1) is 60.1. The number of hydrogen-bond acceptors (Lipinski definition) is 14. The summed E-state index contributed by atoms with van der Waals surface area (Å²) < 4.78 is 24.0. The van der Waals surface area contributed by atoms with Gasteiger partial charge in [0.05, 0.1) is 42.3 Å². The molecule has 0 bridgehead atoms. The minimum absolute atomic E-state index is 0.0763. The van der Waals surface area contributed by atoms with Crippen LogP contribution in [0.3, 0.4) is 0 Å². The van der Waals surface area contributed by atoms with Crippen LogP contribution in [0.25, 0.3) is 32.9 Å². The number of aryl methyl sites for hydroxylation is 1. The average molecular weight is 1150 g/mol. The van der Waals surface area contributed by atoms with Gasteiger partial charge >= 0.3 is 5.97 Å². The van der Waals surface area contributed by atoms with Gasteiger partial charge in [0.2, 0.25) is 29.5 Å². The number of aromatic nitrogens is 6. The fraction of sp³-hybridized carbons (Fsp3) is 0.492. The first-order valence-electron chi connectivity index (χ1n) is 29.6. The molecule has 23 heteroatoms. The maximum Gasteiger partial charge on any atom is 0.325 e. The second-order valence-electron chi connectivity index (χ2n) is 22.0. The SMILES string of the molecule is CCOC(=O)CNC(=O)CNC(=O)Cn1nc(C2CCN(C(=O)CCC(=O)NCCCCCCCC(=O)N3CCC(c4ccc(Nc5nc(N6CCCCC6)cnc5C(N)=O)cc4)CC3)CC2)c2c(-c3cc4c(cnn4C)cc3F)cccc21. The van der Waals surface area contributed by atoms with Crippen LogP contribution < -0.4 is 31.9 Å². The summed E-state index contributed by atoms with van der Waals surface area (Å²) in [5.74, 6) is -1.57. The van der Waals surface area contributed by atoms with Crippen molar-refractivity contribution >= 4 is 80.5 Å². The molecule has 3 aliphatic rings. The molecular weight excluding hydrogens is 1080 g/mol. The van der Waals surface area contributed by atoms with Gasteiger partial charge in [-0.1, -0.05) is 43.5 Å². The number of ether oxygens (including phenoxy) is 1. The predicted octanol–water partition coefficient (Wildman–Crippen LogP) is 6.50. The molecule has 0 unspecified atom stereocenters. The van der Waals surface area contributed by atoms with Gasteiger partial charge in [0.1, 0.15) is 24.7 Å². The zero-order valence-corrected chi connectivity index (χ0v) is 48.1. The molecule has 0 saturated carbocycles. The minimum Gasteiger partial charge on any atom is -0.465 e. The van der Waals surface area contributed by atoms with Crippen LogP contribution in [0.4, 0.5) is 21.7 Å². The van der Waals surface area contributed by atoms with Crippen LogP contribution >= 0.6 is 0 Å². The zero-order chi connectivity index (χ0) is 59.1. The van der Waals surface area contributed by atoms with Gasteiger partial charge in [-0.25, -0.2) is 14.4 Å². The normalized spacial score (nSPS) is 15.1. The highest BCUT2D eigenvalue weighted by Crippen LogP contribution is 2.40. The fourth-order valence-corrected chi connectivity index (χ4v) is 11.6.